The summed E-state index contributed by atoms with van der Waals surface area (Å²) < 4.78 is 5.83. The topological polar surface area (TPSA) is 95.2 Å². The van der Waals surface area contributed by atoms with Crippen LogP contribution in [0.2, 0.25) is 0 Å². The number of fused-ring (bicyclic) bond motifs is 1. The highest BCUT2D eigenvalue weighted by atomic mass is 16.5. The summed E-state index contributed by atoms with van der Waals surface area (Å²) in [7, 11) is 0. The predicted molar refractivity (Wildman–Crippen MR) is 133 cm³/mol. The van der Waals surface area contributed by atoms with E-state index in [1.165, 1.54) is 0 Å². The number of benzene rings is 3. The highest BCUT2D eigenvalue weighted by Crippen LogP contribution is 2.22. The van der Waals surface area contributed by atoms with Gasteiger partial charge in [0, 0.05) is 27.7 Å². The molecule has 2 heterocycles. The lowest BCUT2D eigenvalue weighted by Gasteiger charge is -2.06. The van der Waals surface area contributed by atoms with Gasteiger partial charge < -0.3 is 9.72 Å². The fraction of sp³-hybridized carbons (Fsp3) is 0.0741. The smallest absolute Gasteiger partial charge is 0.289 e. The molecule has 7 heteroatoms. The van der Waals surface area contributed by atoms with Gasteiger partial charge in [0.15, 0.2) is 0 Å². The molecule has 5 rings (SSSR count). The molecule has 0 fully saturated rings. The van der Waals surface area contributed by atoms with E-state index in [9.17, 15) is 4.79 Å². The average Bonchev–Trinajstić information content (AvgIpc) is 3.49. The molecule has 168 valence electrons. The van der Waals surface area contributed by atoms with E-state index in [0.717, 1.165) is 39.0 Å². The molecule has 0 unspecified atom stereocenters. The summed E-state index contributed by atoms with van der Waals surface area (Å²) in [5, 5.41) is 12.2. The number of aromatic nitrogens is 3. The van der Waals surface area contributed by atoms with Crippen LogP contribution in [0.4, 0.5) is 0 Å². The first-order valence-electron chi connectivity index (χ1n) is 10.9. The van der Waals surface area contributed by atoms with Crippen LogP contribution in [0.5, 0.6) is 5.75 Å². The van der Waals surface area contributed by atoms with Crippen LogP contribution >= 0.6 is 0 Å². The zero-order valence-electron chi connectivity index (χ0n) is 18.6. The molecular weight excluding hydrogens is 426 g/mol. The maximum atomic E-state index is 12.5. The number of rotatable bonds is 7. The van der Waals surface area contributed by atoms with Gasteiger partial charge in [-0.1, -0.05) is 48.5 Å². The van der Waals surface area contributed by atoms with Crippen molar-refractivity contribution in [3.63, 3.8) is 0 Å². The Hall–Kier alpha value is -4.65. The summed E-state index contributed by atoms with van der Waals surface area (Å²) >= 11 is 0. The Morgan fingerprint density at radius 3 is 2.62 bits per heavy atom. The number of aryl methyl sites for hydroxylation is 1. The zero-order valence-corrected chi connectivity index (χ0v) is 18.6. The van der Waals surface area contributed by atoms with E-state index in [1.807, 2.05) is 85.8 Å². The van der Waals surface area contributed by atoms with Gasteiger partial charge in [-0.25, -0.2) is 5.43 Å². The number of nitrogens with one attached hydrogen (secondary N) is 3. The number of para-hydroxylation sites is 1. The number of hydrogen-bond acceptors (Lipinski definition) is 4. The van der Waals surface area contributed by atoms with Crippen LogP contribution in [0.1, 0.15) is 27.3 Å². The molecule has 3 aromatic carbocycles. The van der Waals surface area contributed by atoms with E-state index < -0.39 is 0 Å². The van der Waals surface area contributed by atoms with Gasteiger partial charge in [0.2, 0.25) is 0 Å². The molecule has 7 nitrogen and oxygen atoms in total. The Kier molecular flexibility index (Phi) is 5.90. The first-order valence-corrected chi connectivity index (χ1v) is 10.9. The van der Waals surface area contributed by atoms with Crippen molar-refractivity contribution >= 4 is 23.0 Å². The molecule has 0 atom stereocenters. The number of hydrazone groups is 1. The Morgan fingerprint density at radius 2 is 1.79 bits per heavy atom. The fourth-order valence-electron chi connectivity index (χ4n) is 3.73. The minimum Gasteiger partial charge on any atom is -0.489 e. The van der Waals surface area contributed by atoms with Crippen LogP contribution in [0.25, 0.3) is 22.2 Å². The van der Waals surface area contributed by atoms with Crippen molar-refractivity contribution in [2.24, 2.45) is 5.10 Å². The maximum absolute atomic E-state index is 12.5. The van der Waals surface area contributed by atoms with E-state index in [1.54, 1.807) is 12.3 Å². The molecule has 5 aromatic rings. The Balaban J connectivity index is 1.21. The van der Waals surface area contributed by atoms with Crippen molar-refractivity contribution in [2.75, 3.05) is 0 Å². The van der Waals surface area contributed by atoms with Crippen LogP contribution in [0, 0.1) is 6.92 Å². The third-order valence-electron chi connectivity index (χ3n) is 5.52. The second kappa shape index (κ2) is 9.46. The zero-order chi connectivity index (χ0) is 23.3. The van der Waals surface area contributed by atoms with Crippen molar-refractivity contribution in [3.8, 4) is 17.0 Å². The monoisotopic (exact) mass is 449 g/mol. The van der Waals surface area contributed by atoms with Crippen LogP contribution < -0.4 is 10.2 Å². The largest absolute Gasteiger partial charge is 0.489 e. The number of ether oxygens (including phenoxy) is 1. The van der Waals surface area contributed by atoms with E-state index in [-0.39, 0.29) is 5.91 Å². The van der Waals surface area contributed by atoms with Crippen LogP contribution in [-0.2, 0) is 6.61 Å². The SMILES string of the molecule is Cc1[nH]c2ccccc2c1/C=N\NC(=O)c1cc(-c2ccc(OCc3ccccc3)cc2)n[nH]1. The van der Waals surface area contributed by atoms with Crippen molar-refractivity contribution in [2.45, 2.75) is 13.5 Å². The molecule has 0 aliphatic carbocycles. The Morgan fingerprint density at radius 1 is 1.03 bits per heavy atom. The van der Waals surface area contributed by atoms with E-state index in [4.69, 9.17) is 4.74 Å². The van der Waals surface area contributed by atoms with Gasteiger partial charge in [-0.05, 0) is 48.9 Å². The molecule has 3 N–H and O–H groups in total. The van der Waals surface area contributed by atoms with Gasteiger partial charge in [-0.2, -0.15) is 10.2 Å². The summed E-state index contributed by atoms with van der Waals surface area (Å²) in [6.07, 6.45) is 1.65. The first kappa shape index (κ1) is 21.2. The van der Waals surface area contributed by atoms with Crippen molar-refractivity contribution in [3.05, 3.63) is 107 Å². The molecule has 34 heavy (non-hydrogen) atoms. The lowest BCUT2D eigenvalue weighted by Crippen LogP contribution is -2.18. The minimum absolute atomic E-state index is 0.326. The molecule has 0 saturated heterocycles. The van der Waals surface area contributed by atoms with Crippen molar-refractivity contribution < 1.29 is 9.53 Å². The van der Waals surface area contributed by atoms with Crippen molar-refractivity contribution in [1.82, 2.24) is 20.6 Å². The second-order valence-electron chi connectivity index (χ2n) is 7.87. The first-order chi connectivity index (χ1) is 16.7. The molecule has 2 aromatic heterocycles. The van der Waals surface area contributed by atoms with Gasteiger partial charge in [0.05, 0.1) is 11.9 Å². The standard InChI is InChI=1S/C27H23N5O2/c1-18-23(22-9-5-6-10-24(22)29-18)16-28-32-27(33)26-15-25(30-31-26)20-11-13-21(14-12-20)34-17-19-7-3-2-4-8-19/h2-16,29H,17H2,1H3,(H,30,31)(H,32,33)/b28-16-. The highest BCUT2D eigenvalue weighted by Gasteiger charge is 2.11. The minimum atomic E-state index is -0.365. The molecule has 0 bridgehead atoms. The number of amides is 1. The van der Waals surface area contributed by atoms with Crippen LogP contribution in [0.15, 0.2) is 90.0 Å². The average molecular weight is 450 g/mol. The van der Waals surface area contributed by atoms with Crippen LogP contribution in [-0.4, -0.2) is 27.3 Å². The van der Waals surface area contributed by atoms with Gasteiger partial charge >= 0.3 is 0 Å². The molecular formula is C27H23N5O2. The molecule has 0 saturated carbocycles. The summed E-state index contributed by atoms with van der Waals surface area (Å²) in [5.74, 6) is 0.401. The van der Waals surface area contributed by atoms with E-state index in [0.29, 0.717) is 18.0 Å². The molecule has 0 spiro atoms. The third-order valence-corrected chi connectivity index (χ3v) is 5.52. The van der Waals surface area contributed by atoms with E-state index in [2.05, 4.69) is 25.7 Å². The fourth-order valence-corrected chi connectivity index (χ4v) is 3.73. The second-order valence-corrected chi connectivity index (χ2v) is 7.87. The molecule has 1 amide bonds. The number of H-pyrrole nitrogens is 2. The molecule has 0 aliphatic rings. The number of nitrogens with zero attached hydrogens (tertiary/aromatic N) is 2. The maximum Gasteiger partial charge on any atom is 0.289 e. The quantitative estimate of drug-likeness (QED) is 0.235. The van der Waals surface area contributed by atoms with Crippen LogP contribution in [0.3, 0.4) is 0 Å². The van der Waals surface area contributed by atoms with Gasteiger partial charge in [0.1, 0.15) is 18.1 Å². The Labute approximate surface area is 196 Å². The number of carbonyl (C=O) groups excluding carboxylic acids is 1. The molecule has 0 aliphatic heterocycles. The normalized spacial score (nSPS) is 11.2. The third kappa shape index (κ3) is 4.59. The number of hydrogen-bond donors (Lipinski definition) is 3. The highest BCUT2D eigenvalue weighted by molar-refractivity contribution is 6.01. The summed E-state index contributed by atoms with van der Waals surface area (Å²) in [4.78, 5) is 15.8. The summed E-state index contributed by atoms with van der Waals surface area (Å²) in [5.41, 5.74) is 8.49. The lowest BCUT2D eigenvalue weighted by atomic mass is 10.1. The van der Waals surface area contributed by atoms with E-state index >= 15 is 0 Å². The number of aromatic amines is 2. The number of carbonyl (C=O) groups is 1. The Bertz CT molecular complexity index is 1450. The van der Waals surface area contributed by atoms with Crippen molar-refractivity contribution in [1.29, 1.82) is 0 Å². The lowest BCUT2D eigenvalue weighted by molar-refractivity contribution is 0.0950. The molecule has 0 radical (unpaired) electrons. The van der Waals surface area contributed by atoms with Gasteiger partial charge in [-0.3, -0.25) is 9.89 Å². The van der Waals surface area contributed by atoms with Gasteiger partial charge in [-0.15, -0.1) is 0 Å². The summed E-state index contributed by atoms with van der Waals surface area (Å²) in [6.45, 7) is 2.48. The predicted octanol–water partition coefficient (Wildman–Crippen LogP) is 5.21. The van der Waals surface area contributed by atoms with Gasteiger partial charge in [0.25, 0.3) is 5.91 Å². The summed E-state index contributed by atoms with van der Waals surface area (Å²) in [6, 6.07) is 27.3.